The third-order valence-electron chi connectivity index (χ3n) is 8.03. The SMILES string of the molecule is C=C(B1OC(C)(C)C(C)(C)O1)C1(C)C=CC(C)(F)C2=C1N(C(=O)OC(C)(C)C)C[C@@H](CO)N2c1ncc(Br)cn1. The van der Waals surface area contributed by atoms with E-state index in [1.165, 1.54) is 17.9 Å². The Morgan fingerprint density at radius 3 is 2.20 bits per heavy atom. The van der Waals surface area contributed by atoms with Crippen LogP contribution < -0.4 is 4.90 Å². The largest absolute Gasteiger partial charge is 0.491 e. The molecule has 2 unspecified atom stereocenters. The normalized spacial score (nSPS) is 29.5. The fourth-order valence-corrected chi connectivity index (χ4v) is 5.29. The molecule has 3 atom stereocenters. The zero-order chi connectivity index (χ0) is 30.1. The minimum Gasteiger partial charge on any atom is -0.443 e. The van der Waals surface area contributed by atoms with Crippen LogP contribution in [0.25, 0.3) is 0 Å². The van der Waals surface area contributed by atoms with Crippen molar-refractivity contribution < 1.29 is 28.3 Å². The van der Waals surface area contributed by atoms with Crippen LogP contribution in [0.2, 0.25) is 0 Å². The summed E-state index contributed by atoms with van der Waals surface area (Å²) in [5, 5.41) is 10.5. The Labute approximate surface area is 244 Å². The molecular formula is C28H39BBrFN4O5. The monoisotopic (exact) mass is 620 g/mol. The minimum atomic E-state index is -2.07. The number of allylic oxidation sites excluding steroid dienone is 2. The number of alkyl halides is 1. The lowest BCUT2D eigenvalue weighted by molar-refractivity contribution is 0.00578. The van der Waals surface area contributed by atoms with Crippen molar-refractivity contribution in [1.29, 1.82) is 0 Å². The maximum absolute atomic E-state index is 16.7. The van der Waals surface area contributed by atoms with Gasteiger partial charge in [-0.1, -0.05) is 6.08 Å². The molecule has 3 aliphatic rings. The second kappa shape index (κ2) is 9.92. The smallest absolute Gasteiger partial charge is 0.443 e. The molecule has 1 fully saturated rings. The number of carbonyl (C=O) groups excluding carboxylic acids is 1. The van der Waals surface area contributed by atoms with Gasteiger partial charge in [0.1, 0.15) is 5.60 Å². The van der Waals surface area contributed by atoms with Crippen LogP contribution in [0.5, 0.6) is 0 Å². The predicted molar refractivity (Wildman–Crippen MR) is 155 cm³/mol. The first kappa shape index (κ1) is 30.7. The molecule has 1 aromatic heterocycles. The highest BCUT2D eigenvalue weighted by atomic mass is 79.9. The van der Waals surface area contributed by atoms with E-state index in [9.17, 15) is 9.90 Å². The zero-order valence-electron chi connectivity index (χ0n) is 24.7. The number of aromatic nitrogens is 2. The first-order valence-electron chi connectivity index (χ1n) is 13.3. The molecular weight excluding hydrogens is 582 g/mol. The summed E-state index contributed by atoms with van der Waals surface area (Å²) >= 11 is 3.34. The standard InChI is InChI=1S/C28H39BBrFN4O5/c1-17(29-39-25(5,6)26(7,8)40-29)27(9)11-12-28(10,31)21-20(27)34(23(37)38-24(2,3)4)15-19(16-36)35(21)22-32-13-18(30)14-33-22/h11-14,19,36H,1,15-16H2,2-10H3/t19-,27?,28?/m0/s1. The van der Waals surface area contributed by atoms with Crippen LogP contribution in [0.3, 0.4) is 0 Å². The predicted octanol–water partition coefficient (Wildman–Crippen LogP) is 5.36. The molecule has 1 aliphatic carbocycles. The number of nitrogens with zero attached hydrogens (tertiary/aromatic N) is 4. The van der Waals surface area contributed by atoms with Gasteiger partial charge >= 0.3 is 13.2 Å². The van der Waals surface area contributed by atoms with E-state index in [-0.39, 0.29) is 18.2 Å². The molecule has 1 saturated heterocycles. The van der Waals surface area contributed by atoms with Gasteiger partial charge in [0.15, 0.2) is 5.67 Å². The van der Waals surface area contributed by atoms with Crippen LogP contribution in [0.4, 0.5) is 15.1 Å². The summed E-state index contributed by atoms with van der Waals surface area (Å²) in [4.78, 5) is 25.6. The average molecular weight is 621 g/mol. The lowest BCUT2D eigenvalue weighted by atomic mass is 9.59. The molecule has 218 valence electrons. The molecule has 0 saturated carbocycles. The van der Waals surface area contributed by atoms with E-state index in [1.54, 1.807) is 44.1 Å². The molecule has 1 aromatic rings. The summed E-state index contributed by atoms with van der Waals surface area (Å²) in [6.45, 7) is 20.3. The van der Waals surface area contributed by atoms with Gasteiger partial charge in [0.2, 0.25) is 5.95 Å². The fraction of sp³-hybridized carbons (Fsp3) is 0.607. The van der Waals surface area contributed by atoms with Crippen molar-refractivity contribution in [2.75, 3.05) is 18.1 Å². The Morgan fingerprint density at radius 2 is 1.70 bits per heavy atom. The molecule has 1 amide bonds. The summed E-state index contributed by atoms with van der Waals surface area (Å²) in [6.07, 6.45) is 5.55. The van der Waals surface area contributed by atoms with Gasteiger partial charge in [-0.25, -0.2) is 19.2 Å². The Hall–Kier alpha value is -2.28. The summed E-state index contributed by atoms with van der Waals surface area (Å²) in [5.74, 6) is 0.182. The van der Waals surface area contributed by atoms with E-state index in [1.807, 2.05) is 34.6 Å². The van der Waals surface area contributed by atoms with Gasteiger partial charge in [-0.2, -0.15) is 0 Å². The molecule has 0 radical (unpaired) electrons. The van der Waals surface area contributed by atoms with Crippen molar-refractivity contribution in [3.63, 3.8) is 0 Å². The number of carbonyl (C=O) groups is 1. The van der Waals surface area contributed by atoms with Crippen molar-refractivity contribution >= 4 is 35.1 Å². The zero-order valence-corrected chi connectivity index (χ0v) is 26.3. The van der Waals surface area contributed by atoms with Crippen molar-refractivity contribution in [1.82, 2.24) is 14.9 Å². The van der Waals surface area contributed by atoms with Gasteiger partial charge in [-0.15, -0.1) is 6.58 Å². The number of halogens is 2. The highest BCUT2D eigenvalue weighted by molar-refractivity contribution is 9.10. The molecule has 12 heteroatoms. The molecule has 0 spiro atoms. The number of aliphatic hydroxyl groups excluding tert-OH is 1. The Morgan fingerprint density at radius 1 is 1.15 bits per heavy atom. The molecule has 40 heavy (non-hydrogen) atoms. The summed E-state index contributed by atoms with van der Waals surface area (Å²) in [5.41, 5.74) is -4.43. The van der Waals surface area contributed by atoms with E-state index in [4.69, 9.17) is 14.0 Å². The van der Waals surface area contributed by atoms with Crippen LogP contribution >= 0.6 is 15.9 Å². The number of rotatable bonds is 4. The quantitative estimate of drug-likeness (QED) is 0.355. The Bertz CT molecular complexity index is 1240. The van der Waals surface area contributed by atoms with Crippen LogP contribution in [-0.4, -0.2) is 74.9 Å². The lowest BCUT2D eigenvalue weighted by Gasteiger charge is -2.52. The number of anilines is 1. The van der Waals surface area contributed by atoms with Crippen molar-refractivity contribution in [2.45, 2.75) is 90.8 Å². The van der Waals surface area contributed by atoms with Crippen molar-refractivity contribution in [3.05, 3.63) is 52.5 Å². The van der Waals surface area contributed by atoms with Gasteiger partial charge < -0.3 is 24.1 Å². The van der Waals surface area contributed by atoms with Gasteiger partial charge in [-0.3, -0.25) is 4.90 Å². The van der Waals surface area contributed by atoms with Crippen LogP contribution in [0, 0.1) is 5.41 Å². The number of hydrogen-bond acceptors (Lipinski definition) is 8. The van der Waals surface area contributed by atoms with Gasteiger partial charge in [-0.05, 0) is 89.8 Å². The number of aliphatic hydroxyl groups is 1. The molecule has 2 aliphatic heterocycles. The summed E-state index contributed by atoms with van der Waals surface area (Å²) in [7, 11) is -0.842. The minimum absolute atomic E-state index is 0.0141. The second-order valence-corrected chi connectivity index (χ2v) is 13.8. The van der Waals surface area contributed by atoms with E-state index in [0.29, 0.717) is 15.6 Å². The van der Waals surface area contributed by atoms with Gasteiger partial charge in [0.05, 0.1) is 46.3 Å². The van der Waals surface area contributed by atoms with Crippen LogP contribution in [0.15, 0.2) is 52.5 Å². The van der Waals surface area contributed by atoms with E-state index in [2.05, 4.69) is 32.5 Å². The maximum atomic E-state index is 16.7. The molecule has 0 bridgehead atoms. The topological polar surface area (TPSA) is 97.2 Å². The maximum Gasteiger partial charge on any atom is 0.491 e. The van der Waals surface area contributed by atoms with Crippen molar-refractivity contribution in [3.8, 4) is 0 Å². The molecule has 0 aromatic carbocycles. The number of hydrogen-bond donors (Lipinski definition) is 1. The van der Waals surface area contributed by atoms with Crippen LogP contribution in [0.1, 0.15) is 62.3 Å². The fourth-order valence-electron chi connectivity index (χ4n) is 5.09. The highest BCUT2D eigenvalue weighted by Gasteiger charge is 2.59. The Balaban J connectivity index is 1.96. The molecule has 9 nitrogen and oxygen atoms in total. The molecule has 3 heterocycles. The average Bonchev–Trinajstić information content (AvgIpc) is 3.06. The first-order chi connectivity index (χ1) is 18.2. The summed E-state index contributed by atoms with van der Waals surface area (Å²) in [6, 6.07) is -0.761. The van der Waals surface area contributed by atoms with Crippen molar-refractivity contribution in [2.24, 2.45) is 5.41 Å². The van der Waals surface area contributed by atoms with E-state index >= 15 is 4.39 Å². The van der Waals surface area contributed by atoms with Gasteiger partial charge in [0.25, 0.3) is 0 Å². The van der Waals surface area contributed by atoms with Crippen LogP contribution in [-0.2, 0) is 14.0 Å². The Kier molecular flexibility index (Phi) is 7.61. The van der Waals surface area contributed by atoms with E-state index < -0.39 is 53.7 Å². The number of ether oxygens (including phenoxy) is 1. The van der Waals surface area contributed by atoms with Gasteiger partial charge in [0, 0.05) is 17.8 Å². The molecule has 4 rings (SSSR count). The third kappa shape index (κ3) is 5.23. The number of amides is 1. The first-order valence-corrected chi connectivity index (χ1v) is 14.1. The highest BCUT2D eigenvalue weighted by Crippen LogP contribution is 2.53. The lowest BCUT2D eigenvalue weighted by Crippen LogP contribution is -2.60. The summed E-state index contributed by atoms with van der Waals surface area (Å²) < 4.78 is 35.8. The van der Waals surface area contributed by atoms with E-state index in [0.717, 1.165) is 0 Å². The molecule has 1 N–H and O–H groups in total. The third-order valence-corrected chi connectivity index (χ3v) is 8.44. The second-order valence-electron chi connectivity index (χ2n) is 12.9.